The molecule has 2 aromatic rings. The highest BCUT2D eigenvalue weighted by Crippen LogP contribution is 2.30. The van der Waals surface area contributed by atoms with Gasteiger partial charge in [-0.25, -0.2) is 17.9 Å². The molecular weight excluding hydrogens is 524 g/mol. The first-order valence-corrected chi connectivity index (χ1v) is 14.7. The average molecular weight is 565 g/mol. The van der Waals surface area contributed by atoms with E-state index in [1.807, 2.05) is 44.2 Å². The summed E-state index contributed by atoms with van der Waals surface area (Å²) in [5.41, 5.74) is 0.808. The van der Waals surface area contributed by atoms with Crippen LogP contribution in [0.3, 0.4) is 0 Å². The average Bonchev–Trinajstić information content (AvgIpc) is 3.36. The summed E-state index contributed by atoms with van der Waals surface area (Å²) >= 11 is 0. The van der Waals surface area contributed by atoms with Crippen molar-refractivity contribution in [2.24, 2.45) is 5.92 Å². The van der Waals surface area contributed by atoms with Crippen LogP contribution < -0.4 is 14.8 Å². The molecule has 0 radical (unpaired) electrons. The maximum Gasteiger partial charge on any atom is 0.404 e. The van der Waals surface area contributed by atoms with E-state index in [9.17, 15) is 23.4 Å². The number of sulfonamides is 1. The van der Waals surface area contributed by atoms with Crippen LogP contribution in [0.15, 0.2) is 59.5 Å². The summed E-state index contributed by atoms with van der Waals surface area (Å²) in [6.45, 7) is 4.94. The first kappa shape index (κ1) is 30.8. The van der Waals surface area contributed by atoms with Crippen molar-refractivity contribution in [3.63, 3.8) is 0 Å². The van der Waals surface area contributed by atoms with Crippen LogP contribution in [0, 0.1) is 5.92 Å². The van der Waals surface area contributed by atoms with Crippen molar-refractivity contribution in [1.29, 1.82) is 0 Å². The third kappa shape index (κ3) is 9.18. The molecule has 4 N–H and O–H groups in total. The fourth-order valence-electron chi connectivity index (χ4n) is 4.86. The van der Waals surface area contributed by atoms with E-state index in [0.29, 0.717) is 31.8 Å². The van der Waals surface area contributed by atoms with E-state index in [4.69, 9.17) is 14.2 Å². The third-order valence-corrected chi connectivity index (χ3v) is 8.68. The molecule has 39 heavy (non-hydrogen) atoms. The van der Waals surface area contributed by atoms with Crippen LogP contribution in [0.4, 0.5) is 4.79 Å². The Bertz CT molecular complexity index is 1140. The van der Waals surface area contributed by atoms with E-state index in [1.165, 1.54) is 19.2 Å². The van der Waals surface area contributed by atoms with E-state index in [2.05, 4.69) is 10.0 Å². The third-order valence-electron chi connectivity index (χ3n) is 7.18. The number of amides is 1. The molecule has 216 valence electrons. The molecule has 4 atom stereocenters. The van der Waals surface area contributed by atoms with Crippen molar-refractivity contribution < 1.29 is 37.6 Å². The first-order chi connectivity index (χ1) is 18.5. The summed E-state index contributed by atoms with van der Waals surface area (Å²) in [5.74, 6) is -0.171. The molecule has 11 heteroatoms. The van der Waals surface area contributed by atoms with E-state index in [0.717, 1.165) is 12.0 Å². The summed E-state index contributed by atoms with van der Waals surface area (Å²) in [7, 11) is -2.56. The molecule has 1 amide bonds. The largest absolute Gasteiger partial charge is 0.497 e. The highest BCUT2D eigenvalue weighted by molar-refractivity contribution is 7.89. The molecule has 1 aliphatic heterocycles. The van der Waals surface area contributed by atoms with Gasteiger partial charge in [0.15, 0.2) is 5.79 Å². The SMILES string of the molecule is CCC(CCC1(C)OCCO1)CC(NS(=O)(=O)c1ccc(OC)cc1)[C@H](O)[C@H](Cc1ccccc1)NC(=O)O. The van der Waals surface area contributed by atoms with Gasteiger partial charge in [0, 0.05) is 6.42 Å². The number of rotatable bonds is 15. The van der Waals surface area contributed by atoms with Crippen LogP contribution in [0.5, 0.6) is 5.75 Å². The summed E-state index contributed by atoms with van der Waals surface area (Å²) in [6.07, 6.45) is -0.169. The summed E-state index contributed by atoms with van der Waals surface area (Å²) in [6, 6.07) is 13.2. The lowest BCUT2D eigenvalue weighted by atomic mass is 9.86. The molecule has 1 heterocycles. The summed E-state index contributed by atoms with van der Waals surface area (Å²) < 4.78 is 46.1. The van der Waals surface area contributed by atoms with Gasteiger partial charge in [-0.2, -0.15) is 0 Å². The monoisotopic (exact) mass is 564 g/mol. The predicted octanol–water partition coefficient (Wildman–Crippen LogP) is 3.54. The Morgan fingerprint density at radius 2 is 1.72 bits per heavy atom. The number of aliphatic hydroxyl groups is 1. The van der Waals surface area contributed by atoms with Gasteiger partial charge < -0.3 is 29.7 Å². The Kier molecular flexibility index (Phi) is 11.1. The Morgan fingerprint density at radius 3 is 2.28 bits per heavy atom. The zero-order valence-electron chi connectivity index (χ0n) is 22.7. The number of benzene rings is 2. The molecule has 0 aromatic heterocycles. The molecular formula is C28H40N2O8S. The van der Waals surface area contributed by atoms with Crippen LogP contribution >= 0.6 is 0 Å². The van der Waals surface area contributed by atoms with Gasteiger partial charge in [-0.15, -0.1) is 0 Å². The van der Waals surface area contributed by atoms with Crippen molar-refractivity contribution >= 4 is 16.1 Å². The topological polar surface area (TPSA) is 143 Å². The van der Waals surface area contributed by atoms with Gasteiger partial charge in [-0.3, -0.25) is 0 Å². The standard InChI is InChI=1S/C28H40N2O8S/c1-4-20(14-15-28(2)37-16-17-38-28)18-25(30-39(34,35)23-12-10-22(36-3)11-13-23)26(31)24(29-27(32)33)19-21-8-6-5-7-9-21/h5-13,20,24-26,29-31H,4,14-19H2,1-3H3,(H,32,33)/t20?,24-,25?,26+/m0/s1. The zero-order chi connectivity index (χ0) is 28.5. The number of carboxylic acid groups (broad SMARTS) is 1. The van der Waals surface area contributed by atoms with Gasteiger partial charge in [0.25, 0.3) is 0 Å². The minimum atomic E-state index is -4.05. The first-order valence-electron chi connectivity index (χ1n) is 13.2. The Morgan fingerprint density at radius 1 is 1.08 bits per heavy atom. The second-order valence-electron chi connectivity index (χ2n) is 10.0. The minimum absolute atomic E-state index is 0.00930. The van der Waals surface area contributed by atoms with Gasteiger partial charge in [0.05, 0.1) is 43.4 Å². The predicted molar refractivity (Wildman–Crippen MR) is 146 cm³/mol. The smallest absolute Gasteiger partial charge is 0.404 e. The van der Waals surface area contributed by atoms with Crippen LogP contribution in [-0.2, 0) is 25.9 Å². The number of aliphatic hydroxyl groups excluding tert-OH is 1. The maximum absolute atomic E-state index is 13.4. The van der Waals surface area contributed by atoms with Gasteiger partial charge in [-0.1, -0.05) is 43.7 Å². The second kappa shape index (κ2) is 14.1. The summed E-state index contributed by atoms with van der Waals surface area (Å²) in [4.78, 5) is 11.7. The number of nitrogens with one attached hydrogen (secondary N) is 2. The number of hydrogen-bond donors (Lipinski definition) is 4. The van der Waals surface area contributed by atoms with Crippen LogP contribution in [-0.4, -0.2) is 69.0 Å². The molecule has 0 spiro atoms. The molecule has 1 aliphatic rings. The number of carbonyl (C=O) groups is 1. The Hall–Kier alpha value is -2.70. The van der Waals surface area contributed by atoms with E-state index in [-0.39, 0.29) is 23.7 Å². The van der Waals surface area contributed by atoms with E-state index < -0.39 is 40.1 Å². The molecule has 1 saturated heterocycles. The van der Waals surface area contributed by atoms with Crippen molar-refractivity contribution in [3.8, 4) is 5.75 Å². The number of hydrogen-bond acceptors (Lipinski definition) is 7. The lowest BCUT2D eigenvalue weighted by Gasteiger charge is -2.33. The van der Waals surface area contributed by atoms with Gasteiger partial charge in [0.1, 0.15) is 5.75 Å². The van der Waals surface area contributed by atoms with Crippen LogP contribution in [0.1, 0.15) is 45.1 Å². The lowest BCUT2D eigenvalue weighted by molar-refractivity contribution is -0.149. The van der Waals surface area contributed by atoms with Gasteiger partial charge in [0.2, 0.25) is 10.0 Å². The van der Waals surface area contributed by atoms with E-state index >= 15 is 0 Å². The van der Waals surface area contributed by atoms with Crippen molar-refractivity contribution in [1.82, 2.24) is 10.0 Å². The number of ether oxygens (including phenoxy) is 3. The highest BCUT2D eigenvalue weighted by atomic mass is 32.2. The second-order valence-corrected chi connectivity index (χ2v) is 11.7. The van der Waals surface area contributed by atoms with Gasteiger partial charge in [-0.05, 0) is 61.9 Å². The molecule has 1 fully saturated rings. The van der Waals surface area contributed by atoms with Crippen molar-refractivity contribution in [2.75, 3.05) is 20.3 Å². The van der Waals surface area contributed by atoms with Crippen molar-refractivity contribution in [2.45, 2.75) is 74.8 Å². The zero-order valence-corrected chi connectivity index (χ0v) is 23.5. The fraction of sp³-hybridized carbons (Fsp3) is 0.536. The summed E-state index contributed by atoms with van der Waals surface area (Å²) in [5, 5.41) is 23.4. The highest BCUT2D eigenvalue weighted by Gasteiger charge is 2.36. The molecule has 10 nitrogen and oxygen atoms in total. The molecule has 0 saturated carbocycles. The van der Waals surface area contributed by atoms with Gasteiger partial charge >= 0.3 is 6.09 Å². The van der Waals surface area contributed by atoms with Crippen LogP contribution in [0.25, 0.3) is 0 Å². The molecule has 2 aromatic carbocycles. The molecule has 0 bridgehead atoms. The maximum atomic E-state index is 13.4. The Labute approximate surface area is 230 Å². The molecule has 0 aliphatic carbocycles. The minimum Gasteiger partial charge on any atom is -0.497 e. The quantitative estimate of drug-likeness (QED) is 0.257. The Balaban J connectivity index is 1.86. The van der Waals surface area contributed by atoms with Crippen LogP contribution in [0.2, 0.25) is 0 Å². The number of methoxy groups -OCH3 is 1. The van der Waals surface area contributed by atoms with E-state index in [1.54, 1.807) is 12.1 Å². The molecule has 3 rings (SSSR count). The lowest BCUT2D eigenvalue weighted by Crippen LogP contribution is -2.55. The normalized spacial score (nSPS) is 18.2. The van der Waals surface area contributed by atoms with Crippen molar-refractivity contribution in [3.05, 3.63) is 60.2 Å². The molecule has 2 unspecified atom stereocenters. The fourth-order valence-corrected chi connectivity index (χ4v) is 6.12.